The Kier molecular flexibility index (Phi) is 4.91. The average molecular weight is 297 g/mol. The fourth-order valence-electron chi connectivity index (χ4n) is 1.78. The van der Waals surface area contributed by atoms with Crippen molar-refractivity contribution in [1.82, 2.24) is 4.31 Å². The second-order valence-electron chi connectivity index (χ2n) is 4.57. The Labute approximate surface area is 119 Å². The van der Waals surface area contributed by atoms with E-state index in [-0.39, 0.29) is 28.7 Å². The number of nitrogens with two attached hydrogens (primary N) is 2. The van der Waals surface area contributed by atoms with Gasteiger partial charge in [0.05, 0.1) is 5.69 Å². The summed E-state index contributed by atoms with van der Waals surface area (Å²) in [6, 6.07) is 3.66. The molecule has 1 amide bonds. The van der Waals surface area contributed by atoms with E-state index in [9.17, 15) is 13.2 Å². The predicted octanol–water partition coefficient (Wildman–Crippen LogP) is 0.953. The standard InChI is InChI=1S/C13H19N3O3S/c1-4-7-16(9(2)3)20(18,19)12-6-5-10(13(15)17)8-11(12)14/h4-6,8-9H,1,7,14H2,2-3H3,(H2,15,17). The summed E-state index contributed by atoms with van der Waals surface area (Å²) < 4.78 is 26.4. The highest BCUT2D eigenvalue weighted by Crippen LogP contribution is 2.24. The van der Waals surface area contributed by atoms with E-state index in [0.29, 0.717) is 0 Å². The Bertz CT molecular complexity index is 624. The molecule has 0 atom stereocenters. The Morgan fingerprint density at radius 3 is 2.45 bits per heavy atom. The van der Waals surface area contributed by atoms with E-state index in [1.54, 1.807) is 13.8 Å². The molecule has 0 bridgehead atoms. The van der Waals surface area contributed by atoms with E-state index >= 15 is 0 Å². The van der Waals surface area contributed by atoms with Crippen molar-refractivity contribution in [1.29, 1.82) is 0 Å². The maximum Gasteiger partial charge on any atom is 0.248 e. The molecular weight excluding hydrogens is 278 g/mol. The number of rotatable bonds is 6. The summed E-state index contributed by atoms with van der Waals surface area (Å²) in [5.41, 5.74) is 11.0. The molecule has 0 aliphatic rings. The SMILES string of the molecule is C=CCN(C(C)C)S(=O)(=O)c1ccc(C(N)=O)cc1N. The smallest absolute Gasteiger partial charge is 0.248 e. The number of benzene rings is 1. The van der Waals surface area contributed by atoms with E-state index in [2.05, 4.69) is 6.58 Å². The van der Waals surface area contributed by atoms with Crippen molar-refractivity contribution in [2.45, 2.75) is 24.8 Å². The number of amides is 1. The quantitative estimate of drug-likeness (QED) is 0.602. The highest BCUT2D eigenvalue weighted by molar-refractivity contribution is 7.89. The van der Waals surface area contributed by atoms with E-state index in [1.165, 1.54) is 28.6 Å². The molecule has 0 aliphatic carbocycles. The van der Waals surface area contributed by atoms with Crippen LogP contribution >= 0.6 is 0 Å². The lowest BCUT2D eigenvalue weighted by molar-refractivity contribution is 0.1000. The fraction of sp³-hybridized carbons (Fsp3) is 0.308. The van der Waals surface area contributed by atoms with Crippen LogP contribution in [0.3, 0.4) is 0 Å². The number of nitrogen functional groups attached to an aromatic ring is 1. The first kappa shape index (κ1) is 16.2. The molecule has 110 valence electrons. The number of nitrogens with zero attached hydrogens (tertiary/aromatic N) is 1. The maximum atomic E-state index is 12.5. The average Bonchev–Trinajstić information content (AvgIpc) is 2.34. The molecule has 1 aromatic carbocycles. The van der Waals surface area contributed by atoms with Crippen molar-refractivity contribution in [2.24, 2.45) is 5.73 Å². The van der Waals surface area contributed by atoms with Gasteiger partial charge in [0, 0.05) is 18.2 Å². The molecule has 4 N–H and O–H groups in total. The van der Waals surface area contributed by atoms with E-state index in [0.717, 1.165) is 0 Å². The van der Waals surface area contributed by atoms with Crippen molar-refractivity contribution in [3.63, 3.8) is 0 Å². The van der Waals surface area contributed by atoms with Gasteiger partial charge in [-0.05, 0) is 32.0 Å². The van der Waals surface area contributed by atoms with Gasteiger partial charge < -0.3 is 11.5 Å². The molecule has 0 heterocycles. The zero-order valence-corrected chi connectivity index (χ0v) is 12.4. The van der Waals surface area contributed by atoms with Gasteiger partial charge >= 0.3 is 0 Å². The molecule has 0 spiro atoms. The van der Waals surface area contributed by atoms with E-state index < -0.39 is 15.9 Å². The van der Waals surface area contributed by atoms with Crippen LogP contribution < -0.4 is 11.5 Å². The lowest BCUT2D eigenvalue weighted by Crippen LogP contribution is -2.37. The molecule has 0 aliphatic heterocycles. The Balaban J connectivity index is 3.34. The summed E-state index contributed by atoms with van der Waals surface area (Å²) in [5, 5.41) is 0. The number of carbonyl (C=O) groups is 1. The Morgan fingerprint density at radius 2 is 2.05 bits per heavy atom. The second-order valence-corrected chi connectivity index (χ2v) is 6.43. The summed E-state index contributed by atoms with van der Waals surface area (Å²) in [5.74, 6) is -0.660. The fourth-order valence-corrected chi connectivity index (χ4v) is 3.48. The number of sulfonamides is 1. The van der Waals surface area contributed by atoms with Crippen LogP contribution in [0.15, 0.2) is 35.7 Å². The summed E-state index contributed by atoms with van der Waals surface area (Å²) in [4.78, 5) is 11.0. The van der Waals surface area contributed by atoms with Crippen LogP contribution in [-0.2, 0) is 10.0 Å². The molecule has 0 saturated heterocycles. The number of anilines is 1. The molecule has 6 nitrogen and oxygen atoms in total. The minimum Gasteiger partial charge on any atom is -0.398 e. The topological polar surface area (TPSA) is 106 Å². The normalized spacial score (nSPS) is 11.8. The zero-order chi connectivity index (χ0) is 15.5. The third-order valence-corrected chi connectivity index (χ3v) is 4.88. The number of hydrogen-bond donors (Lipinski definition) is 2. The second kappa shape index (κ2) is 6.06. The molecule has 1 rings (SSSR count). The summed E-state index contributed by atoms with van der Waals surface area (Å²) in [7, 11) is -3.75. The van der Waals surface area contributed by atoms with Crippen LogP contribution in [0.5, 0.6) is 0 Å². The molecule has 20 heavy (non-hydrogen) atoms. The lowest BCUT2D eigenvalue weighted by Gasteiger charge is -2.25. The number of carbonyl (C=O) groups excluding carboxylic acids is 1. The highest BCUT2D eigenvalue weighted by atomic mass is 32.2. The van der Waals surface area contributed by atoms with E-state index in [4.69, 9.17) is 11.5 Å². The first-order valence-electron chi connectivity index (χ1n) is 6.04. The molecule has 0 fully saturated rings. The molecular formula is C13H19N3O3S. The Morgan fingerprint density at radius 1 is 1.45 bits per heavy atom. The van der Waals surface area contributed by atoms with Gasteiger partial charge in [0.15, 0.2) is 0 Å². The van der Waals surface area contributed by atoms with Crippen LogP contribution in [0.1, 0.15) is 24.2 Å². The third-order valence-electron chi connectivity index (χ3n) is 2.77. The van der Waals surface area contributed by atoms with Crippen LogP contribution in [0.2, 0.25) is 0 Å². The summed E-state index contributed by atoms with van der Waals surface area (Å²) in [6.45, 7) is 7.25. The van der Waals surface area contributed by atoms with Crippen LogP contribution in [-0.4, -0.2) is 31.2 Å². The van der Waals surface area contributed by atoms with Crippen molar-refractivity contribution < 1.29 is 13.2 Å². The molecule has 0 unspecified atom stereocenters. The van der Waals surface area contributed by atoms with Crippen LogP contribution in [0.25, 0.3) is 0 Å². The third kappa shape index (κ3) is 3.17. The van der Waals surface area contributed by atoms with Crippen LogP contribution in [0.4, 0.5) is 5.69 Å². The predicted molar refractivity (Wildman–Crippen MR) is 78.6 cm³/mol. The first-order chi connectivity index (χ1) is 9.21. The van der Waals surface area contributed by atoms with Crippen molar-refractivity contribution >= 4 is 21.6 Å². The van der Waals surface area contributed by atoms with Gasteiger partial charge in [0.2, 0.25) is 15.9 Å². The lowest BCUT2D eigenvalue weighted by atomic mass is 10.2. The Hall–Kier alpha value is -1.86. The molecule has 0 saturated carbocycles. The molecule has 0 aromatic heterocycles. The molecule has 0 radical (unpaired) electrons. The molecule has 7 heteroatoms. The van der Waals surface area contributed by atoms with Gasteiger partial charge in [-0.1, -0.05) is 6.08 Å². The minimum atomic E-state index is -3.75. The minimum absolute atomic E-state index is 0.00369. The largest absolute Gasteiger partial charge is 0.398 e. The molecule has 1 aromatic rings. The zero-order valence-electron chi connectivity index (χ0n) is 11.5. The van der Waals surface area contributed by atoms with Gasteiger partial charge in [0.1, 0.15) is 4.90 Å². The summed E-state index contributed by atoms with van der Waals surface area (Å²) in [6.07, 6.45) is 1.51. The monoisotopic (exact) mass is 297 g/mol. The van der Waals surface area contributed by atoms with Crippen molar-refractivity contribution in [3.8, 4) is 0 Å². The van der Waals surface area contributed by atoms with Gasteiger partial charge in [-0.15, -0.1) is 6.58 Å². The van der Waals surface area contributed by atoms with Crippen molar-refractivity contribution in [3.05, 3.63) is 36.4 Å². The van der Waals surface area contributed by atoms with E-state index in [1.807, 2.05) is 0 Å². The van der Waals surface area contributed by atoms with Crippen molar-refractivity contribution in [2.75, 3.05) is 12.3 Å². The highest BCUT2D eigenvalue weighted by Gasteiger charge is 2.28. The van der Waals surface area contributed by atoms with Gasteiger partial charge in [-0.25, -0.2) is 8.42 Å². The van der Waals surface area contributed by atoms with Crippen LogP contribution in [0, 0.1) is 0 Å². The first-order valence-corrected chi connectivity index (χ1v) is 7.48. The van der Waals surface area contributed by atoms with Gasteiger partial charge in [-0.2, -0.15) is 4.31 Å². The number of primary amides is 1. The maximum absolute atomic E-state index is 12.5. The van der Waals surface area contributed by atoms with Gasteiger partial charge in [-0.3, -0.25) is 4.79 Å². The summed E-state index contributed by atoms with van der Waals surface area (Å²) >= 11 is 0. The van der Waals surface area contributed by atoms with Gasteiger partial charge in [0.25, 0.3) is 0 Å². The number of hydrogen-bond acceptors (Lipinski definition) is 4.